The molecule has 3 N–H and O–H groups in total. The number of methoxy groups -OCH3 is 2. The molecule has 0 aliphatic carbocycles. The van der Waals surface area contributed by atoms with E-state index in [1.54, 1.807) is 14.2 Å². The molecule has 96 valence electrons. The van der Waals surface area contributed by atoms with Gasteiger partial charge < -0.3 is 20.5 Å². The third-order valence-electron chi connectivity index (χ3n) is 2.80. The maximum atomic E-state index is 5.59. The molecular formula is C13H22N2O2. The van der Waals surface area contributed by atoms with E-state index in [4.69, 9.17) is 15.2 Å². The second-order valence-electron chi connectivity index (χ2n) is 4.14. The second-order valence-corrected chi connectivity index (χ2v) is 4.14. The first-order chi connectivity index (χ1) is 8.12. The topological polar surface area (TPSA) is 56.5 Å². The average Bonchev–Trinajstić information content (AvgIpc) is 2.37. The van der Waals surface area contributed by atoms with Gasteiger partial charge in [-0.25, -0.2) is 0 Å². The smallest absolute Gasteiger partial charge is 0.161 e. The number of hydrogen-bond donors (Lipinski definition) is 2. The van der Waals surface area contributed by atoms with Crippen LogP contribution < -0.4 is 20.5 Å². The summed E-state index contributed by atoms with van der Waals surface area (Å²) in [5.41, 5.74) is 6.75. The molecule has 2 unspecified atom stereocenters. The fraction of sp³-hybridized carbons (Fsp3) is 0.538. The minimum atomic E-state index is 0.230. The van der Waals surface area contributed by atoms with Crippen molar-refractivity contribution < 1.29 is 9.47 Å². The van der Waals surface area contributed by atoms with Crippen molar-refractivity contribution in [3.63, 3.8) is 0 Å². The van der Waals surface area contributed by atoms with E-state index in [2.05, 4.69) is 19.2 Å². The van der Waals surface area contributed by atoms with Crippen molar-refractivity contribution in [3.05, 3.63) is 23.8 Å². The Kier molecular flexibility index (Phi) is 5.25. The predicted octanol–water partition coefficient (Wildman–Crippen LogP) is 1.70. The highest BCUT2D eigenvalue weighted by atomic mass is 16.5. The molecule has 1 aromatic carbocycles. The molecule has 1 aromatic rings. The third-order valence-corrected chi connectivity index (χ3v) is 2.80. The molecule has 4 heteroatoms. The number of benzene rings is 1. The van der Waals surface area contributed by atoms with E-state index in [0.29, 0.717) is 6.54 Å². The molecule has 0 saturated carbocycles. The number of hydrogen-bond acceptors (Lipinski definition) is 4. The van der Waals surface area contributed by atoms with Gasteiger partial charge in [-0.2, -0.15) is 0 Å². The van der Waals surface area contributed by atoms with Crippen LogP contribution in [-0.2, 0) is 0 Å². The highest BCUT2D eigenvalue weighted by Crippen LogP contribution is 2.29. The van der Waals surface area contributed by atoms with Gasteiger partial charge >= 0.3 is 0 Å². The molecule has 1 rings (SSSR count). The van der Waals surface area contributed by atoms with Gasteiger partial charge in [0.05, 0.1) is 14.2 Å². The lowest BCUT2D eigenvalue weighted by Gasteiger charge is -2.20. The van der Waals surface area contributed by atoms with E-state index in [-0.39, 0.29) is 12.1 Å². The summed E-state index contributed by atoms with van der Waals surface area (Å²) in [4.78, 5) is 0. The third kappa shape index (κ3) is 3.61. The Balaban J connectivity index is 2.84. The molecule has 4 nitrogen and oxygen atoms in total. The average molecular weight is 238 g/mol. The summed E-state index contributed by atoms with van der Waals surface area (Å²) in [5, 5.41) is 3.41. The molecular weight excluding hydrogens is 216 g/mol. The summed E-state index contributed by atoms with van der Waals surface area (Å²) in [6.45, 7) is 4.79. The van der Waals surface area contributed by atoms with E-state index in [0.717, 1.165) is 17.1 Å². The molecule has 0 aliphatic heterocycles. The highest BCUT2D eigenvalue weighted by Gasteiger charge is 2.11. The molecule has 0 bridgehead atoms. The Bertz CT molecular complexity index is 355. The van der Waals surface area contributed by atoms with Crippen molar-refractivity contribution in [3.8, 4) is 11.5 Å². The van der Waals surface area contributed by atoms with Crippen LogP contribution in [0.3, 0.4) is 0 Å². The summed E-state index contributed by atoms with van der Waals surface area (Å²) < 4.78 is 10.5. The van der Waals surface area contributed by atoms with Gasteiger partial charge in [-0.15, -0.1) is 0 Å². The van der Waals surface area contributed by atoms with Crippen molar-refractivity contribution in [1.29, 1.82) is 0 Å². The van der Waals surface area contributed by atoms with Crippen molar-refractivity contribution in [2.45, 2.75) is 25.9 Å². The van der Waals surface area contributed by atoms with Crippen LogP contribution in [0.2, 0.25) is 0 Å². The van der Waals surface area contributed by atoms with Crippen molar-refractivity contribution in [1.82, 2.24) is 5.32 Å². The number of nitrogens with two attached hydrogens (primary N) is 1. The van der Waals surface area contributed by atoms with Gasteiger partial charge in [0, 0.05) is 18.6 Å². The van der Waals surface area contributed by atoms with Crippen LogP contribution in [0.15, 0.2) is 18.2 Å². The van der Waals surface area contributed by atoms with Gasteiger partial charge in [0.15, 0.2) is 11.5 Å². The Hall–Kier alpha value is -1.26. The van der Waals surface area contributed by atoms with E-state index in [9.17, 15) is 0 Å². The number of ether oxygens (including phenoxy) is 2. The van der Waals surface area contributed by atoms with Crippen LogP contribution in [-0.4, -0.2) is 26.8 Å². The summed E-state index contributed by atoms with van der Waals surface area (Å²) >= 11 is 0. The molecule has 17 heavy (non-hydrogen) atoms. The number of rotatable bonds is 6. The minimum Gasteiger partial charge on any atom is -0.493 e. The highest BCUT2D eigenvalue weighted by molar-refractivity contribution is 5.43. The number of nitrogens with one attached hydrogen (secondary N) is 1. The SMILES string of the molecule is COc1ccc(C(C)NC(C)CN)cc1OC. The molecule has 0 spiro atoms. The van der Waals surface area contributed by atoms with Crippen molar-refractivity contribution in [2.75, 3.05) is 20.8 Å². The quantitative estimate of drug-likeness (QED) is 0.792. The van der Waals surface area contributed by atoms with Crippen LogP contribution in [0.1, 0.15) is 25.5 Å². The van der Waals surface area contributed by atoms with E-state index < -0.39 is 0 Å². The standard InChI is InChI=1S/C13H22N2O2/c1-9(8-14)15-10(2)11-5-6-12(16-3)13(7-11)17-4/h5-7,9-10,15H,8,14H2,1-4H3. The van der Waals surface area contributed by atoms with Gasteiger partial charge in [-0.05, 0) is 31.5 Å². The van der Waals surface area contributed by atoms with E-state index >= 15 is 0 Å². The molecule has 0 fully saturated rings. The van der Waals surface area contributed by atoms with E-state index in [1.165, 1.54) is 0 Å². The first-order valence-corrected chi connectivity index (χ1v) is 5.80. The molecule has 0 saturated heterocycles. The maximum Gasteiger partial charge on any atom is 0.161 e. The maximum absolute atomic E-state index is 5.59. The van der Waals surface area contributed by atoms with Crippen LogP contribution in [0.5, 0.6) is 11.5 Å². The van der Waals surface area contributed by atoms with Crippen LogP contribution in [0.4, 0.5) is 0 Å². The van der Waals surface area contributed by atoms with Crippen LogP contribution in [0, 0.1) is 0 Å². The Labute approximate surface area is 103 Å². The Morgan fingerprint density at radius 2 is 1.82 bits per heavy atom. The van der Waals surface area contributed by atoms with Gasteiger partial charge in [0.1, 0.15) is 0 Å². The largest absolute Gasteiger partial charge is 0.493 e. The fourth-order valence-corrected chi connectivity index (χ4v) is 1.71. The summed E-state index contributed by atoms with van der Waals surface area (Å²) in [7, 11) is 3.28. The summed E-state index contributed by atoms with van der Waals surface area (Å²) in [5.74, 6) is 1.49. The molecule has 0 heterocycles. The lowest BCUT2D eigenvalue weighted by Crippen LogP contribution is -2.35. The summed E-state index contributed by atoms with van der Waals surface area (Å²) in [6, 6.07) is 6.45. The normalized spacial score (nSPS) is 14.2. The first kappa shape index (κ1) is 13.8. The van der Waals surface area contributed by atoms with Gasteiger partial charge in [-0.1, -0.05) is 6.07 Å². The zero-order valence-corrected chi connectivity index (χ0v) is 11.0. The van der Waals surface area contributed by atoms with Crippen LogP contribution in [0.25, 0.3) is 0 Å². The van der Waals surface area contributed by atoms with Gasteiger partial charge in [0.2, 0.25) is 0 Å². The molecule has 0 aromatic heterocycles. The zero-order chi connectivity index (χ0) is 12.8. The lowest BCUT2D eigenvalue weighted by atomic mass is 10.1. The van der Waals surface area contributed by atoms with Crippen molar-refractivity contribution >= 4 is 0 Å². The first-order valence-electron chi connectivity index (χ1n) is 5.80. The van der Waals surface area contributed by atoms with Crippen molar-refractivity contribution in [2.24, 2.45) is 5.73 Å². The molecule has 0 radical (unpaired) electrons. The Morgan fingerprint density at radius 1 is 1.18 bits per heavy atom. The predicted molar refractivity (Wildman–Crippen MR) is 69.6 cm³/mol. The summed E-state index contributed by atoms with van der Waals surface area (Å²) in [6.07, 6.45) is 0. The molecule has 2 atom stereocenters. The van der Waals surface area contributed by atoms with E-state index in [1.807, 2.05) is 18.2 Å². The zero-order valence-electron chi connectivity index (χ0n) is 11.0. The fourth-order valence-electron chi connectivity index (χ4n) is 1.71. The minimum absolute atomic E-state index is 0.230. The van der Waals surface area contributed by atoms with Crippen LogP contribution >= 0.6 is 0 Å². The second kappa shape index (κ2) is 6.47. The monoisotopic (exact) mass is 238 g/mol. The Morgan fingerprint density at radius 3 is 2.35 bits per heavy atom. The molecule has 0 aliphatic rings. The van der Waals surface area contributed by atoms with Gasteiger partial charge in [0.25, 0.3) is 0 Å². The molecule has 0 amide bonds. The van der Waals surface area contributed by atoms with Gasteiger partial charge in [-0.3, -0.25) is 0 Å². The lowest BCUT2D eigenvalue weighted by molar-refractivity contribution is 0.353.